The number of benzene rings is 1. The average molecular weight is 457 g/mol. The molecule has 1 saturated carbocycles. The lowest BCUT2D eigenvalue weighted by atomic mass is 10.0. The molecule has 2 heterocycles. The van der Waals surface area contributed by atoms with Crippen LogP contribution in [0, 0.1) is 0 Å². The second kappa shape index (κ2) is 10.2. The average Bonchev–Trinajstić information content (AvgIpc) is 3.53. The largest absolute Gasteiger partial charge is 0.467 e. The van der Waals surface area contributed by atoms with Crippen molar-refractivity contribution in [1.29, 1.82) is 0 Å². The van der Waals surface area contributed by atoms with Crippen molar-refractivity contribution < 1.29 is 14.0 Å². The Bertz CT molecular complexity index is 998. The first-order chi connectivity index (χ1) is 15.1. The first-order valence-electron chi connectivity index (χ1n) is 10.5. The lowest BCUT2D eigenvalue weighted by Crippen LogP contribution is -2.46. The molecule has 1 aromatic carbocycles. The molecule has 31 heavy (non-hydrogen) atoms. The SMILES string of the molecule is O=C(NC1CCCC1)[C@@H](c1ccccc1Cl)N(Cc1ccco1)C(=O)Cc1cccs1. The van der Waals surface area contributed by atoms with E-state index in [9.17, 15) is 9.59 Å². The number of nitrogens with zero attached hydrogens (tertiary/aromatic N) is 1. The van der Waals surface area contributed by atoms with Gasteiger partial charge < -0.3 is 14.6 Å². The van der Waals surface area contributed by atoms with Crippen LogP contribution < -0.4 is 5.32 Å². The van der Waals surface area contributed by atoms with Crippen LogP contribution in [0.25, 0.3) is 0 Å². The summed E-state index contributed by atoms with van der Waals surface area (Å²) in [5.74, 6) is 0.265. The van der Waals surface area contributed by atoms with Gasteiger partial charge in [-0.05, 0) is 42.5 Å². The van der Waals surface area contributed by atoms with Crippen LogP contribution in [0.5, 0.6) is 0 Å². The Balaban J connectivity index is 1.69. The summed E-state index contributed by atoms with van der Waals surface area (Å²) in [6.45, 7) is 0.186. The predicted octanol–water partition coefficient (Wildman–Crippen LogP) is 5.37. The molecule has 7 heteroatoms. The van der Waals surface area contributed by atoms with Crippen molar-refractivity contribution in [2.24, 2.45) is 0 Å². The minimum atomic E-state index is -0.841. The zero-order valence-corrected chi connectivity index (χ0v) is 18.7. The van der Waals surface area contributed by atoms with Gasteiger partial charge in [-0.15, -0.1) is 11.3 Å². The van der Waals surface area contributed by atoms with Crippen molar-refractivity contribution in [1.82, 2.24) is 10.2 Å². The first kappa shape index (κ1) is 21.7. The van der Waals surface area contributed by atoms with Gasteiger partial charge in [0.15, 0.2) is 0 Å². The van der Waals surface area contributed by atoms with Crippen LogP contribution in [-0.4, -0.2) is 22.8 Å². The molecule has 0 saturated heterocycles. The quantitative estimate of drug-likeness (QED) is 0.496. The van der Waals surface area contributed by atoms with E-state index in [1.54, 1.807) is 23.3 Å². The van der Waals surface area contributed by atoms with E-state index in [-0.39, 0.29) is 30.8 Å². The minimum absolute atomic E-state index is 0.135. The lowest BCUT2D eigenvalue weighted by Gasteiger charge is -2.32. The van der Waals surface area contributed by atoms with Gasteiger partial charge in [-0.1, -0.05) is 48.7 Å². The topological polar surface area (TPSA) is 62.6 Å². The van der Waals surface area contributed by atoms with Gasteiger partial charge in [0.25, 0.3) is 0 Å². The summed E-state index contributed by atoms with van der Waals surface area (Å²) in [6.07, 6.45) is 5.92. The van der Waals surface area contributed by atoms with Crippen LogP contribution in [0.15, 0.2) is 64.6 Å². The van der Waals surface area contributed by atoms with Crippen LogP contribution >= 0.6 is 22.9 Å². The molecule has 162 valence electrons. The van der Waals surface area contributed by atoms with Crippen LogP contribution in [-0.2, 0) is 22.6 Å². The lowest BCUT2D eigenvalue weighted by molar-refractivity contribution is -0.141. The van der Waals surface area contributed by atoms with E-state index in [1.165, 1.54) is 11.3 Å². The van der Waals surface area contributed by atoms with Crippen molar-refractivity contribution >= 4 is 34.8 Å². The van der Waals surface area contributed by atoms with Crippen molar-refractivity contribution in [3.8, 4) is 0 Å². The van der Waals surface area contributed by atoms with Crippen molar-refractivity contribution in [3.05, 3.63) is 81.4 Å². The maximum atomic E-state index is 13.5. The standard InChI is InChI=1S/C24H25ClN2O3S/c25-21-12-4-3-11-20(21)23(24(29)26-17-7-1-2-8-17)27(16-18-9-5-13-30-18)22(28)15-19-10-6-14-31-19/h3-6,9-14,17,23H,1-2,7-8,15-16H2,(H,26,29)/t23-/m1/s1. The van der Waals surface area contributed by atoms with Gasteiger partial charge in [0.05, 0.1) is 19.2 Å². The summed E-state index contributed by atoms with van der Waals surface area (Å²) in [7, 11) is 0. The summed E-state index contributed by atoms with van der Waals surface area (Å²) in [5, 5.41) is 5.56. The smallest absolute Gasteiger partial charge is 0.247 e. The molecule has 1 fully saturated rings. The number of thiophene rings is 1. The molecule has 2 amide bonds. The van der Waals surface area contributed by atoms with Crippen molar-refractivity contribution in [2.45, 2.75) is 50.7 Å². The van der Waals surface area contributed by atoms with E-state index in [2.05, 4.69) is 5.32 Å². The molecule has 0 spiro atoms. The third-order valence-corrected chi connectivity index (χ3v) is 6.81. The molecule has 0 radical (unpaired) electrons. The summed E-state index contributed by atoms with van der Waals surface area (Å²) >= 11 is 8.04. The highest BCUT2D eigenvalue weighted by Crippen LogP contribution is 2.31. The van der Waals surface area contributed by atoms with E-state index in [0.717, 1.165) is 30.6 Å². The fourth-order valence-electron chi connectivity index (χ4n) is 4.06. The molecule has 1 aliphatic carbocycles. The van der Waals surface area contributed by atoms with Gasteiger partial charge in [-0.2, -0.15) is 0 Å². The summed E-state index contributed by atoms with van der Waals surface area (Å²) in [6, 6.07) is 14.0. The van der Waals surface area contributed by atoms with E-state index in [4.69, 9.17) is 16.0 Å². The van der Waals surface area contributed by atoms with E-state index >= 15 is 0 Å². The Hall–Kier alpha value is -2.57. The molecule has 4 rings (SSSR count). The molecular formula is C24H25ClN2O3S. The van der Waals surface area contributed by atoms with Gasteiger partial charge >= 0.3 is 0 Å². The number of carbonyl (C=O) groups excluding carboxylic acids is 2. The fourth-order valence-corrected chi connectivity index (χ4v) is 4.99. The third kappa shape index (κ3) is 5.38. The zero-order valence-electron chi connectivity index (χ0n) is 17.1. The summed E-state index contributed by atoms with van der Waals surface area (Å²) < 4.78 is 5.52. The fraction of sp³-hybridized carbons (Fsp3) is 0.333. The summed E-state index contributed by atoms with van der Waals surface area (Å²) in [4.78, 5) is 29.5. The zero-order chi connectivity index (χ0) is 21.6. The molecule has 2 aromatic heterocycles. The van der Waals surface area contributed by atoms with Crippen molar-refractivity contribution in [3.63, 3.8) is 0 Å². The summed E-state index contributed by atoms with van der Waals surface area (Å²) in [5.41, 5.74) is 0.616. The van der Waals surface area contributed by atoms with Crippen LogP contribution in [0.4, 0.5) is 0 Å². The number of nitrogens with one attached hydrogen (secondary N) is 1. The minimum Gasteiger partial charge on any atom is -0.467 e. The number of rotatable bonds is 8. The Kier molecular flexibility index (Phi) is 7.10. The molecule has 0 bridgehead atoms. The third-order valence-electron chi connectivity index (χ3n) is 5.59. The molecule has 1 atom stereocenters. The van der Waals surface area contributed by atoms with Crippen LogP contribution in [0.3, 0.4) is 0 Å². The molecule has 0 unspecified atom stereocenters. The second-order valence-corrected chi connectivity index (χ2v) is 9.21. The predicted molar refractivity (Wildman–Crippen MR) is 122 cm³/mol. The Morgan fingerprint density at radius 1 is 1.13 bits per heavy atom. The highest BCUT2D eigenvalue weighted by molar-refractivity contribution is 7.10. The molecule has 5 nitrogen and oxygen atoms in total. The normalized spacial score (nSPS) is 15.0. The molecule has 1 aliphatic rings. The number of hydrogen-bond donors (Lipinski definition) is 1. The first-order valence-corrected chi connectivity index (χ1v) is 11.8. The number of carbonyl (C=O) groups is 2. The number of amides is 2. The maximum absolute atomic E-state index is 13.5. The van der Waals surface area contributed by atoms with Gasteiger partial charge in [0.1, 0.15) is 11.8 Å². The Morgan fingerprint density at radius 2 is 1.94 bits per heavy atom. The van der Waals surface area contributed by atoms with Crippen molar-refractivity contribution in [2.75, 3.05) is 0 Å². The number of hydrogen-bond acceptors (Lipinski definition) is 4. The van der Waals surface area contributed by atoms with E-state index < -0.39 is 6.04 Å². The van der Waals surface area contributed by atoms with Gasteiger partial charge in [0.2, 0.25) is 11.8 Å². The molecule has 3 aromatic rings. The Labute approximate surface area is 191 Å². The number of furan rings is 1. The molecule has 0 aliphatic heterocycles. The van der Waals surface area contributed by atoms with Crippen LogP contribution in [0.2, 0.25) is 5.02 Å². The highest BCUT2D eigenvalue weighted by atomic mass is 35.5. The Morgan fingerprint density at radius 3 is 2.61 bits per heavy atom. The number of halogens is 1. The molecular weight excluding hydrogens is 432 g/mol. The second-order valence-electron chi connectivity index (χ2n) is 7.77. The maximum Gasteiger partial charge on any atom is 0.247 e. The van der Waals surface area contributed by atoms with Crippen LogP contribution in [0.1, 0.15) is 47.9 Å². The van der Waals surface area contributed by atoms with E-state index in [1.807, 2.05) is 41.8 Å². The van der Waals surface area contributed by atoms with Gasteiger partial charge in [-0.3, -0.25) is 9.59 Å². The van der Waals surface area contributed by atoms with Gasteiger partial charge in [0, 0.05) is 21.5 Å². The highest BCUT2D eigenvalue weighted by Gasteiger charge is 2.34. The van der Waals surface area contributed by atoms with Gasteiger partial charge in [-0.25, -0.2) is 0 Å². The monoisotopic (exact) mass is 456 g/mol. The molecule has 1 N–H and O–H groups in total. The van der Waals surface area contributed by atoms with E-state index in [0.29, 0.717) is 16.3 Å².